The van der Waals surface area contributed by atoms with Crippen LogP contribution in [0.2, 0.25) is 0 Å². The van der Waals surface area contributed by atoms with Gasteiger partial charge in [0.1, 0.15) is 0 Å². The van der Waals surface area contributed by atoms with Crippen molar-refractivity contribution >= 4 is 0 Å². The summed E-state index contributed by atoms with van der Waals surface area (Å²) in [5.41, 5.74) is 0.128. The first kappa shape index (κ1) is 16.4. The van der Waals surface area contributed by atoms with Crippen LogP contribution in [0.5, 0.6) is 0 Å². The fraction of sp³-hybridized carbons (Fsp3) is 0.929. The van der Waals surface area contributed by atoms with Gasteiger partial charge in [-0.2, -0.15) is 5.26 Å². The van der Waals surface area contributed by atoms with Crippen LogP contribution >= 0.6 is 0 Å². The average molecular weight is 240 g/mol. The fourth-order valence-electron chi connectivity index (χ4n) is 2.04. The topological polar surface area (TPSA) is 56.0 Å². The van der Waals surface area contributed by atoms with Gasteiger partial charge in [0.25, 0.3) is 0 Å². The van der Waals surface area contributed by atoms with Crippen LogP contribution in [0.4, 0.5) is 0 Å². The van der Waals surface area contributed by atoms with Crippen molar-refractivity contribution in [2.24, 2.45) is 11.3 Å². The van der Waals surface area contributed by atoms with Gasteiger partial charge >= 0.3 is 0 Å². The molecular formula is C14H28N2O. The zero-order valence-electron chi connectivity index (χ0n) is 11.8. The van der Waals surface area contributed by atoms with Gasteiger partial charge in [-0.05, 0) is 17.8 Å². The van der Waals surface area contributed by atoms with E-state index in [1.54, 1.807) is 0 Å². The summed E-state index contributed by atoms with van der Waals surface area (Å²) in [7, 11) is 0. The van der Waals surface area contributed by atoms with Crippen molar-refractivity contribution in [2.75, 3.05) is 13.1 Å². The zero-order valence-corrected chi connectivity index (χ0v) is 11.8. The number of nitriles is 1. The van der Waals surface area contributed by atoms with E-state index in [9.17, 15) is 5.11 Å². The molecule has 2 N–H and O–H groups in total. The molecule has 3 heteroatoms. The van der Waals surface area contributed by atoms with Crippen LogP contribution in [0.1, 0.15) is 53.4 Å². The molecule has 0 saturated carbocycles. The van der Waals surface area contributed by atoms with E-state index in [0.717, 1.165) is 25.8 Å². The zero-order chi connectivity index (χ0) is 13.3. The van der Waals surface area contributed by atoms with Gasteiger partial charge in [-0.15, -0.1) is 0 Å². The highest BCUT2D eigenvalue weighted by Gasteiger charge is 2.19. The molecule has 0 aromatic heterocycles. The van der Waals surface area contributed by atoms with E-state index in [1.807, 2.05) is 0 Å². The van der Waals surface area contributed by atoms with Gasteiger partial charge in [-0.1, -0.05) is 40.5 Å². The second-order valence-electron chi connectivity index (χ2n) is 5.60. The molecular weight excluding hydrogens is 212 g/mol. The minimum atomic E-state index is -0.253. The second kappa shape index (κ2) is 8.49. The van der Waals surface area contributed by atoms with Crippen LogP contribution in [-0.2, 0) is 0 Å². The first-order valence-electron chi connectivity index (χ1n) is 6.72. The predicted octanol–water partition coefficient (Wildman–Crippen LogP) is 2.70. The van der Waals surface area contributed by atoms with Crippen molar-refractivity contribution in [1.29, 1.82) is 5.26 Å². The van der Waals surface area contributed by atoms with Crippen LogP contribution in [0, 0.1) is 22.7 Å². The fourth-order valence-corrected chi connectivity index (χ4v) is 2.04. The largest absolute Gasteiger partial charge is 0.392 e. The summed E-state index contributed by atoms with van der Waals surface area (Å²) >= 11 is 0. The van der Waals surface area contributed by atoms with E-state index in [0.29, 0.717) is 18.9 Å². The van der Waals surface area contributed by atoms with Gasteiger partial charge in [0, 0.05) is 19.5 Å². The van der Waals surface area contributed by atoms with E-state index in [1.165, 1.54) is 0 Å². The molecule has 1 atom stereocenters. The van der Waals surface area contributed by atoms with E-state index in [2.05, 4.69) is 39.1 Å². The molecule has 17 heavy (non-hydrogen) atoms. The van der Waals surface area contributed by atoms with E-state index in [-0.39, 0.29) is 11.5 Å². The molecule has 0 spiro atoms. The molecule has 1 unspecified atom stereocenters. The van der Waals surface area contributed by atoms with Crippen molar-refractivity contribution < 1.29 is 5.11 Å². The monoisotopic (exact) mass is 240 g/mol. The number of hydrogen-bond donors (Lipinski definition) is 2. The molecule has 100 valence electrons. The van der Waals surface area contributed by atoms with E-state index >= 15 is 0 Å². The Morgan fingerprint density at radius 1 is 1.29 bits per heavy atom. The van der Waals surface area contributed by atoms with Crippen LogP contribution in [0.15, 0.2) is 0 Å². The van der Waals surface area contributed by atoms with Crippen LogP contribution in [-0.4, -0.2) is 24.3 Å². The summed E-state index contributed by atoms with van der Waals surface area (Å²) in [5.74, 6) is 0.393. The molecule has 0 fully saturated rings. The first-order chi connectivity index (χ1) is 7.96. The third-order valence-electron chi connectivity index (χ3n) is 3.46. The Balaban J connectivity index is 3.86. The van der Waals surface area contributed by atoms with Crippen molar-refractivity contribution in [2.45, 2.75) is 59.5 Å². The summed E-state index contributed by atoms with van der Waals surface area (Å²) in [5, 5.41) is 21.9. The highest BCUT2D eigenvalue weighted by molar-refractivity contribution is 4.79. The number of aliphatic hydroxyl groups is 1. The van der Waals surface area contributed by atoms with Crippen molar-refractivity contribution in [3.63, 3.8) is 0 Å². The molecule has 0 radical (unpaired) electrons. The summed E-state index contributed by atoms with van der Waals surface area (Å²) in [6, 6.07) is 2.18. The Morgan fingerprint density at radius 2 is 1.88 bits per heavy atom. The number of nitrogens with zero attached hydrogens (tertiary/aromatic N) is 1. The quantitative estimate of drug-likeness (QED) is 0.651. The number of rotatable bonds is 9. The van der Waals surface area contributed by atoms with Gasteiger partial charge in [0.05, 0.1) is 12.2 Å². The van der Waals surface area contributed by atoms with Gasteiger partial charge < -0.3 is 10.4 Å². The lowest BCUT2D eigenvalue weighted by atomic mass is 9.88. The Morgan fingerprint density at radius 3 is 2.35 bits per heavy atom. The minimum absolute atomic E-state index is 0.128. The summed E-state index contributed by atoms with van der Waals surface area (Å²) in [6.07, 6.45) is 3.30. The normalized spacial score (nSPS) is 13.7. The van der Waals surface area contributed by atoms with Gasteiger partial charge in [0.2, 0.25) is 0 Å². The van der Waals surface area contributed by atoms with Crippen LogP contribution in [0.25, 0.3) is 0 Å². The van der Waals surface area contributed by atoms with Crippen LogP contribution < -0.4 is 5.32 Å². The lowest BCUT2D eigenvalue weighted by molar-refractivity contribution is 0.0981. The molecule has 3 nitrogen and oxygen atoms in total. The Kier molecular flexibility index (Phi) is 8.20. The van der Waals surface area contributed by atoms with Gasteiger partial charge in [-0.25, -0.2) is 0 Å². The van der Waals surface area contributed by atoms with E-state index < -0.39 is 0 Å². The molecule has 0 aromatic rings. The molecule has 0 amide bonds. The lowest BCUT2D eigenvalue weighted by Gasteiger charge is -2.26. The summed E-state index contributed by atoms with van der Waals surface area (Å²) < 4.78 is 0. The Bertz CT molecular complexity index is 229. The Labute approximate surface area is 106 Å². The number of nitrogens with one attached hydrogen (secondary N) is 1. The molecule has 0 bridgehead atoms. The molecule has 0 saturated heterocycles. The average Bonchev–Trinajstić information content (AvgIpc) is 2.28. The van der Waals surface area contributed by atoms with Crippen molar-refractivity contribution in [3.05, 3.63) is 0 Å². The van der Waals surface area contributed by atoms with Crippen molar-refractivity contribution in [1.82, 2.24) is 5.32 Å². The standard InChI is InChI=1S/C14H28N2O/c1-5-12(6-2)13(17)10-16-11-14(3,4)8-7-9-15/h12-13,16-17H,5-8,10-11H2,1-4H3. The van der Waals surface area contributed by atoms with Gasteiger partial charge in [-0.3, -0.25) is 0 Å². The highest BCUT2D eigenvalue weighted by Crippen LogP contribution is 2.21. The molecule has 0 aromatic carbocycles. The maximum Gasteiger partial charge on any atom is 0.0692 e. The number of hydrogen-bond acceptors (Lipinski definition) is 3. The maximum absolute atomic E-state index is 9.97. The smallest absolute Gasteiger partial charge is 0.0692 e. The highest BCUT2D eigenvalue weighted by atomic mass is 16.3. The lowest BCUT2D eigenvalue weighted by Crippen LogP contribution is -2.37. The van der Waals surface area contributed by atoms with Gasteiger partial charge in [0.15, 0.2) is 0 Å². The van der Waals surface area contributed by atoms with E-state index in [4.69, 9.17) is 5.26 Å². The predicted molar refractivity (Wildman–Crippen MR) is 71.6 cm³/mol. The molecule has 0 heterocycles. The molecule has 0 aliphatic rings. The third kappa shape index (κ3) is 7.36. The molecule has 0 rings (SSSR count). The molecule has 0 aliphatic heterocycles. The van der Waals surface area contributed by atoms with Crippen molar-refractivity contribution in [3.8, 4) is 6.07 Å². The Hall–Kier alpha value is -0.590. The second-order valence-corrected chi connectivity index (χ2v) is 5.60. The maximum atomic E-state index is 9.97. The SMILES string of the molecule is CCC(CC)C(O)CNCC(C)(C)CCC#N. The third-order valence-corrected chi connectivity index (χ3v) is 3.46. The minimum Gasteiger partial charge on any atom is -0.392 e. The molecule has 0 aliphatic carbocycles. The van der Waals surface area contributed by atoms with Crippen LogP contribution in [0.3, 0.4) is 0 Å². The summed E-state index contributed by atoms with van der Waals surface area (Å²) in [6.45, 7) is 10.1. The first-order valence-corrected chi connectivity index (χ1v) is 6.72. The summed E-state index contributed by atoms with van der Waals surface area (Å²) in [4.78, 5) is 0. The number of aliphatic hydroxyl groups excluding tert-OH is 1.